The molecule has 0 spiro atoms. The van der Waals surface area contributed by atoms with Gasteiger partial charge in [-0.15, -0.1) is 0 Å². The zero-order valence-corrected chi connectivity index (χ0v) is 12.1. The maximum absolute atomic E-state index is 9.36. The molecule has 2 aromatic heterocycles. The van der Waals surface area contributed by atoms with Crippen LogP contribution in [0.4, 0.5) is 5.82 Å². The number of nitrogens with two attached hydrogens (primary N) is 1. The molecule has 6 nitrogen and oxygen atoms in total. The first-order valence-corrected chi connectivity index (χ1v) is 6.92. The van der Waals surface area contributed by atoms with Crippen LogP contribution < -0.4 is 5.73 Å². The van der Waals surface area contributed by atoms with Crippen molar-refractivity contribution in [2.24, 2.45) is 0 Å². The first-order chi connectivity index (χ1) is 10.1. The van der Waals surface area contributed by atoms with Gasteiger partial charge in [-0.05, 0) is 31.9 Å². The molecular weight excluding hydrogens is 266 g/mol. The van der Waals surface area contributed by atoms with Gasteiger partial charge in [0, 0.05) is 23.8 Å². The number of aromatic nitrogens is 3. The number of hydrogen-bond acceptors (Lipinski definition) is 5. The molecule has 3 N–H and O–H groups in total. The Labute approximate surface area is 123 Å². The molecule has 21 heavy (non-hydrogen) atoms. The summed E-state index contributed by atoms with van der Waals surface area (Å²) in [4.78, 5) is 4.39. The first-order valence-electron chi connectivity index (χ1n) is 6.92. The molecule has 1 saturated heterocycles. The van der Waals surface area contributed by atoms with Crippen molar-refractivity contribution in [1.82, 2.24) is 15.2 Å². The number of aromatic amines is 1. The quantitative estimate of drug-likeness (QED) is 0.878. The van der Waals surface area contributed by atoms with Gasteiger partial charge in [0.25, 0.3) is 0 Å². The molecule has 6 heteroatoms. The maximum atomic E-state index is 9.36. The van der Waals surface area contributed by atoms with Gasteiger partial charge in [-0.1, -0.05) is 0 Å². The van der Waals surface area contributed by atoms with Crippen LogP contribution in [0.5, 0.6) is 0 Å². The summed E-state index contributed by atoms with van der Waals surface area (Å²) in [6.07, 6.45) is 0.904. The van der Waals surface area contributed by atoms with Crippen LogP contribution in [0, 0.1) is 25.2 Å². The predicted molar refractivity (Wildman–Crippen MR) is 78.6 cm³/mol. The highest BCUT2D eigenvalue weighted by molar-refractivity contribution is 5.70. The van der Waals surface area contributed by atoms with Gasteiger partial charge >= 0.3 is 0 Å². The van der Waals surface area contributed by atoms with Crippen molar-refractivity contribution in [2.45, 2.75) is 26.2 Å². The minimum atomic E-state index is 0.205. The van der Waals surface area contributed by atoms with Gasteiger partial charge in [0.2, 0.25) is 0 Å². The van der Waals surface area contributed by atoms with Crippen LogP contribution in [0.3, 0.4) is 0 Å². The molecule has 1 unspecified atom stereocenters. The van der Waals surface area contributed by atoms with E-state index in [-0.39, 0.29) is 11.7 Å². The number of anilines is 1. The number of nitrogens with zero attached hydrogens (tertiary/aromatic N) is 3. The first kappa shape index (κ1) is 13.6. The van der Waals surface area contributed by atoms with E-state index >= 15 is 0 Å². The zero-order valence-electron chi connectivity index (χ0n) is 12.1. The van der Waals surface area contributed by atoms with E-state index in [2.05, 4.69) is 21.3 Å². The van der Waals surface area contributed by atoms with Crippen molar-refractivity contribution in [3.63, 3.8) is 0 Å². The number of pyridine rings is 1. The van der Waals surface area contributed by atoms with Crippen molar-refractivity contribution in [3.05, 3.63) is 28.6 Å². The fraction of sp³-hybridized carbons (Fsp3) is 0.400. The Morgan fingerprint density at radius 3 is 2.86 bits per heavy atom. The van der Waals surface area contributed by atoms with Crippen LogP contribution in [0.25, 0.3) is 11.3 Å². The van der Waals surface area contributed by atoms with Crippen LogP contribution in [0.15, 0.2) is 6.07 Å². The Morgan fingerprint density at radius 2 is 2.29 bits per heavy atom. The molecule has 0 amide bonds. The Hall–Kier alpha value is -2.39. The number of hydrogen-bond donors (Lipinski definition) is 2. The van der Waals surface area contributed by atoms with E-state index in [1.807, 2.05) is 19.9 Å². The molecule has 2 aromatic rings. The number of nitrogen functional groups attached to an aromatic ring is 1. The van der Waals surface area contributed by atoms with E-state index < -0.39 is 0 Å². The van der Waals surface area contributed by atoms with Gasteiger partial charge in [0.1, 0.15) is 11.9 Å². The van der Waals surface area contributed by atoms with Crippen molar-refractivity contribution < 1.29 is 4.74 Å². The molecular formula is C15H17N5O. The Balaban J connectivity index is 2.18. The summed E-state index contributed by atoms with van der Waals surface area (Å²) in [7, 11) is 0. The molecule has 3 heterocycles. The lowest BCUT2D eigenvalue weighted by molar-refractivity contribution is 0.194. The number of ether oxygens (including phenoxy) is 1. The normalized spacial score (nSPS) is 17.9. The molecule has 0 aromatic carbocycles. The Kier molecular flexibility index (Phi) is 3.35. The molecule has 0 radical (unpaired) electrons. The third kappa shape index (κ3) is 2.26. The van der Waals surface area contributed by atoms with E-state index in [0.717, 1.165) is 41.2 Å². The molecule has 1 atom stereocenters. The fourth-order valence-corrected chi connectivity index (χ4v) is 2.87. The standard InChI is InChI=1S/C15H17N5O/c1-8-14(9(2)20-19-8)13-5-11(10-3-4-21-7-10)12(6-16)15(17)18-13/h5,10H,3-4,7H2,1-2H3,(H2,17,18)(H,19,20). The largest absolute Gasteiger partial charge is 0.383 e. The minimum absolute atomic E-state index is 0.205. The van der Waals surface area contributed by atoms with Crippen LogP contribution in [-0.2, 0) is 4.74 Å². The summed E-state index contributed by atoms with van der Waals surface area (Å²) in [5.74, 6) is 0.480. The molecule has 1 aliphatic heterocycles. The van der Waals surface area contributed by atoms with Gasteiger partial charge in [-0.2, -0.15) is 10.4 Å². The topological polar surface area (TPSA) is 101 Å². The lowest BCUT2D eigenvalue weighted by Crippen LogP contribution is -2.07. The van der Waals surface area contributed by atoms with Crippen molar-refractivity contribution in [2.75, 3.05) is 18.9 Å². The summed E-state index contributed by atoms with van der Waals surface area (Å²) in [5, 5.41) is 16.5. The van der Waals surface area contributed by atoms with Crippen LogP contribution in [0.1, 0.15) is 34.9 Å². The van der Waals surface area contributed by atoms with Gasteiger partial charge in [-0.3, -0.25) is 5.10 Å². The van der Waals surface area contributed by atoms with Crippen LogP contribution in [-0.4, -0.2) is 28.4 Å². The summed E-state index contributed by atoms with van der Waals surface area (Å²) >= 11 is 0. The van der Waals surface area contributed by atoms with Crippen molar-refractivity contribution >= 4 is 5.82 Å². The minimum Gasteiger partial charge on any atom is -0.383 e. The second kappa shape index (κ2) is 5.19. The van der Waals surface area contributed by atoms with E-state index in [9.17, 15) is 5.26 Å². The lowest BCUT2D eigenvalue weighted by Gasteiger charge is -2.14. The Morgan fingerprint density at radius 1 is 1.48 bits per heavy atom. The van der Waals surface area contributed by atoms with E-state index in [1.165, 1.54) is 0 Å². The number of rotatable bonds is 2. The molecule has 3 rings (SSSR count). The number of H-pyrrole nitrogens is 1. The zero-order chi connectivity index (χ0) is 15.0. The third-order valence-corrected chi connectivity index (χ3v) is 3.94. The monoisotopic (exact) mass is 283 g/mol. The maximum Gasteiger partial charge on any atom is 0.142 e. The van der Waals surface area contributed by atoms with Crippen molar-refractivity contribution in [3.8, 4) is 17.3 Å². The summed E-state index contributed by atoms with van der Waals surface area (Å²) < 4.78 is 5.44. The number of nitriles is 1. The highest BCUT2D eigenvalue weighted by Gasteiger charge is 2.24. The molecule has 108 valence electrons. The van der Waals surface area contributed by atoms with E-state index in [4.69, 9.17) is 10.5 Å². The van der Waals surface area contributed by atoms with E-state index in [1.54, 1.807) is 0 Å². The van der Waals surface area contributed by atoms with Gasteiger partial charge in [-0.25, -0.2) is 4.98 Å². The summed E-state index contributed by atoms with van der Waals surface area (Å²) in [5.41, 5.74) is 10.9. The highest BCUT2D eigenvalue weighted by Crippen LogP contribution is 2.34. The molecule has 0 bridgehead atoms. The second-order valence-electron chi connectivity index (χ2n) is 5.34. The number of aryl methyl sites for hydroxylation is 2. The summed E-state index contributed by atoms with van der Waals surface area (Å²) in [6, 6.07) is 4.13. The third-order valence-electron chi connectivity index (χ3n) is 3.94. The SMILES string of the molecule is Cc1n[nH]c(C)c1-c1cc(C2CCOC2)c(C#N)c(N)n1. The molecule has 1 aliphatic rings. The lowest BCUT2D eigenvalue weighted by atomic mass is 9.92. The number of nitrogens with one attached hydrogen (secondary N) is 1. The van der Waals surface area contributed by atoms with Gasteiger partial charge in [0.05, 0.1) is 23.6 Å². The van der Waals surface area contributed by atoms with Crippen molar-refractivity contribution in [1.29, 1.82) is 5.26 Å². The smallest absolute Gasteiger partial charge is 0.142 e. The highest BCUT2D eigenvalue weighted by atomic mass is 16.5. The van der Waals surface area contributed by atoms with Gasteiger partial charge in [0.15, 0.2) is 0 Å². The predicted octanol–water partition coefficient (Wildman–Crippen LogP) is 2.05. The Bertz CT molecular complexity index is 703. The van der Waals surface area contributed by atoms with Crippen LogP contribution in [0.2, 0.25) is 0 Å². The average Bonchev–Trinajstić information content (AvgIpc) is 3.08. The second-order valence-corrected chi connectivity index (χ2v) is 5.34. The van der Waals surface area contributed by atoms with Crippen LogP contribution >= 0.6 is 0 Å². The summed E-state index contributed by atoms with van der Waals surface area (Å²) in [6.45, 7) is 5.22. The van der Waals surface area contributed by atoms with E-state index in [0.29, 0.717) is 12.2 Å². The van der Waals surface area contributed by atoms with Gasteiger partial charge < -0.3 is 10.5 Å². The fourth-order valence-electron chi connectivity index (χ4n) is 2.87. The average molecular weight is 283 g/mol. The molecule has 0 aliphatic carbocycles. The molecule has 0 saturated carbocycles. The molecule has 1 fully saturated rings.